The highest BCUT2D eigenvalue weighted by Gasteiger charge is 1.74. The zero-order valence-electron chi connectivity index (χ0n) is 4.83. The molecular weight excluding hydrogens is 144 g/mol. The van der Waals surface area contributed by atoms with Crippen LogP contribution < -0.4 is 0 Å². The Morgan fingerprint density at radius 3 is 1.56 bits per heavy atom. The highest BCUT2D eigenvalue weighted by molar-refractivity contribution is 5.76. The van der Waals surface area contributed by atoms with E-state index in [-0.39, 0.29) is 21.9 Å². The Morgan fingerprint density at radius 1 is 0.889 bits per heavy atom. The molecule has 0 heterocycles. The quantitative estimate of drug-likeness (QED) is 0.538. The summed E-state index contributed by atoms with van der Waals surface area (Å²) >= 11 is 0. The van der Waals surface area contributed by atoms with Gasteiger partial charge in [0.25, 0.3) is 0 Å². The molecule has 0 atom stereocenters. The van der Waals surface area contributed by atoms with E-state index in [2.05, 4.69) is 0 Å². The van der Waals surface area contributed by atoms with Crippen LogP contribution in [0.3, 0.4) is 0 Å². The highest BCUT2D eigenvalue weighted by atomic mass is 28.1. The SMILES string of the molecule is Oc1ccccc1.[Si].[Si]. The fourth-order valence-electron chi connectivity index (χ4n) is 0.428. The van der Waals surface area contributed by atoms with Gasteiger partial charge >= 0.3 is 0 Å². The standard InChI is InChI=1S/C6H6O.2Si/c7-6-4-2-1-3-5-6;;/h1-5,7H;;. The first kappa shape index (κ1) is 11.3. The average molecular weight is 150 g/mol. The van der Waals surface area contributed by atoms with Gasteiger partial charge in [0.1, 0.15) is 5.75 Å². The Kier molecular flexibility index (Phi) is 7.00. The molecular formula is C6H6OSi2. The van der Waals surface area contributed by atoms with E-state index in [0.717, 1.165) is 0 Å². The van der Waals surface area contributed by atoms with Gasteiger partial charge in [0, 0.05) is 21.9 Å². The summed E-state index contributed by atoms with van der Waals surface area (Å²) in [6.07, 6.45) is 0. The Balaban J connectivity index is 0. The normalized spacial score (nSPS) is 6.67. The van der Waals surface area contributed by atoms with Gasteiger partial charge in [0.15, 0.2) is 0 Å². The molecule has 1 N–H and O–H groups in total. The minimum Gasteiger partial charge on any atom is -0.508 e. The maximum atomic E-state index is 8.63. The molecule has 1 aromatic carbocycles. The van der Waals surface area contributed by atoms with Crippen LogP contribution in [0.25, 0.3) is 0 Å². The third-order valence-corrected chi connectivity index (χ3v) is 0.756. The minimum atomic E-state index is 0. The predicted molar refractivity (Wildman–Crippen MR) is 39.6 cm³/mol. The van der Waals surface area contributed by atoms with Crippen LogP contribution in [-0.2, 0) is 0 Å². The molecule has 0 bridgehead atoms. The first-order chi connectivity index (χ1) is 3.39. The van der Waals surface area contributed by atoms with Crippen LogP contribution in [0.2, 0.25) is 0 Å². The molecule has 0 fully saturated rings. The zero-order valence-corrected chi connectivity index (χ0v) is 6.83. The van der Waals surface area contributed by atoms with Crippen molar-refractivity contribution in [3.05, 3.63) is 30.3 Å². The maximum Gasteiger partial charge on any atom is 0.115 e. The lowest BCUT2D eigenvalue weighted by Crippen LogP contribution is -1.56. The molecule has 0 unspecified atom stereocenters. The van der Waals surface area contributed by atoms with Crippen LogP contribution in [-0.4, -0.2) is 27.0 Å². The van der Waals surface area contributed by atoms with Crippen molar-refractivity contribution in [2.75, 3.05) is 0 Å². The number of phenolic OH excluding ortho intramolecular Hbond substituents is 1. The van der Waals surface area contributed by atoms with Gasteiger partial charge in [0.05, 0.1) is 0 Å². The molecule has 1 rings (SSSR count). The molecule has 0 aliphatic rings. The third-order valence-electron chi connectivity index (χ3n) is 0.756. The molecule has 9 heavy (non-hydrogen) atoms. The van der Waals surface area contributed by atoms with E-state index in [4.69, 9.17) is 5.11 Å². The number of aromatic hydroxyl groups is 1. The van der Waals surface area contributed by atoms with Gasteiger partial charge < -0.3 is 5.11 Å². The summed E-state index contributed by atoms with van der Waals surface area (Å²) in [5, 5.41) is 8.63. The van der Waals surface area contributed by atoms with E-state index in [1.54, 1.807) is 24.3 Å². The molecule has 8 radical (unpaired) electrons. The molecule has 0 saturated carbocycles. The number of rotatable bonds is 0. The second-order valence-electron chi connectivity index (χ2n) is 1.34. The molecule has 3 heteroatoms. The fourth-order valence-corrected chi connectivity index (χ4v) is 0.428. The number of hydrogen-bond acceptors (Lipinski definition) is 1. The molecule has 44 valence electrons. The van der Waals surface area contributed by atoms with Gasteiger partial charge in [-0.2, -0.15) is 0 Å². The third kappa shape index (κ3) is 3.99. The summed E-state index contributed by atoms with van der Waals surface area (Å²) in [5.74, 6) is 0.322. The van der Waals surface area contributed by atoms with Crippen molar-refractivity contribution in [1.29, 1.82) is 0 Å². The van der Waals surface area contributed by atoms with Crippen LogP contribution in [0.1, 0.15) is 0 Å². The zero-order chi connectivity index (χ0) is 5.11. The lowest BCUT2D eigenvalue weighted by Gasteiger charge is -1.82. The molecule has 0 aromatic heterocycles. The second kappa shape index (κ2) is 5.59. The summed E-state index contributed by atoms with van der Waals surface area (Å²) < 4.78 is 0. The van der Waals surface area contributed by atoms with Crippen LogP contribution in [0.4, 0.5) is 0 Å². The summed E-state index contributed by atoms with van der Waals surface area (Å²) in [6.45, 7) is 0. The monoisotopic (exact) mass is 150 g/mol. The van der Waals surface area contributed by atoms with E-state index in [9.17, 15) is 0 Å². The smallest absolute Gasteiger partial charge is 0.115 e. The van der Waals surface area contributed by atoms with E-state index in [1.807, 2.05) is 6.07 Å². The van der Waals surface area contributed by atoms with Crippen molar-refractivity contribution < 1.29 is 5.11 Å². The first-order valence-corrected chi connectivity index (χ1v) is 2.13. The van der Waals surface area contributed by atoms with E-state index in [0.29, 0.717) is 5.75 Å². The topological polar surface area (TPSA) is 20.2 Å². The number of phenols is 1. The Morgan fingerprint density at radius 2 is 1.33 bits per heavy atom. The van der Waals surface area contributed by atoms with Gasteiger partial charge in [-0.25, -0.2) is 0 Å². The lowest BCUT2D eigenvalue weighted by molar-refractivity contribution is 0.475. The minimum absolute atomic E-state index is 0. The maximum absolute atomic E-state index is 8.63. The van der Waals surface area contributed by atoms with Crippen molar-refractivity contribution >= 4 is 21.9 Å². The largest absolute Gasteiger partial charge is 0.508 e. The Hall–Kier alpha value is -0.546. The lowest BCUT2D eigenvalue weighted by atomic mass is 10.3. The van der Waals surface area contributed by atoms with Crippen LogP contribution in [0.5, 0.6) is 5.75 Å². The molecule has 0 amide bonds. The van der Waals surface area contributed by atoms with Gasteiger partial charge in [-0.1, -0.05) is 18.2 Å². The van der Waals surface area contributed by atoms with Crippen molar-refractivity contribution in [2.24, 2.45) is 0 Å². The molecule has 0 spiro atoms. The second-order valence-corrected chi connectivity index (χ2v) is 1.34. The summed E-state index contributed by atoms with van der Waals surface area (Å²) in [7, 11) is 0. The van der Waals surface area contributed by atoms with Crippen molar-refractivity contribution in [3.63, 3.8) is 0 Å². The summed E-state index contributed by atoms with van der Waals surface area (Å²) in [6, 6.07) is 8.71. The summed E-state index contributed by atoms with van der Waals surface area (Å²) in [5.41, 5.74) is 0. The van der Waals surface area contributed by atoms with Crippen LogP contribution in [0, 0.1) is 0 Å². The molecule has 0 aliphatic heterocycles. The molecule has 1 aromatic rings. The van der Waals surface area contributed by atoms with Crippen LogP contribution in [0.15, 0.2) is 30.3 Å². The van der Waals surface area contributed by atoms with E-state index >= 15 is 0 Å². The fraction of sp³-hybridized carbons (Fsp3) is 0. The Labute approximate surface area is 63.8 Å². The summed E-state index contributed by atoms with van der Waals surface area (Å²) in [4.78, 5) is 0. The van der Waals surface area contributed by atoms with E-state index in [1.165, 1.54) is 0 Å². The van der Waals surface area contributed by atoms with Crippen molar-refractivity contribution in [2.45, 2.75) is 0 Å². The van der Waals surface area contributed by atoms with Gasteiger partial charge in [-0.05, 0) is 12.1 Å². The molecule has 0 saturated heterocycles. The Bertz CT molecular complexity index is 141. The molecule has 1 nitrogen and oxygen atoms in total. The highest BCUT2D eigenvalue weighted by Crippen LogP contribution is 2.02. The number of hydrogen-bond donors (Lipinski definition) is 1. The first-order valence-electron chi connectivity index (χ1n) is 2.13. The van der Waals surface area contributed by atoms with Gasteiger partial charge in [-0.15, -0.1) is 0 Å². The van der Waals surface area contributed by atoms with Crippen molar-refractivity contribution in [1.82, 2.24) is 0 Å². The molecule has 0 aliphatic carbocycles. The van der Waals surface area contributed by atoms with E-state index < -0.39 is 0 Å². The van der Waals surface area contributed by atoms with Crippen molar-refractivity contribution in [3.8, 4) is 5.75 Å². The average Bonchev–Trinajstić information content (AvgIpc) is 1.69. The van der Waals surface area contributed by atoms with Crippen LogP contribution >= 0.6 is 0 Å². The predicted octanol–water partition coefficient (Wildman–Crippen LogP) is 0.631. The van der Waals surface area contributed by atoms with Gasteiger partial charge in [0.2, 0.25) is 0 Å². The van der Waals surface area contributed by atoms with Gasteiger partial charge in [-0.3, -0.25) is 0 Å². The number of benzene rings is 1. The number of para-hydroxylation sites is 1.